The van der Waals surface area contributed by atoms with E-state index in [2.05, 4.69) is 0 Å². The van der Waals surface area contributed by atoms with Crippen LogP contribution >= 0.6 is 0 Å². The minimum absolute atomic E-state index is 0.277. The highest BCUT2D eigenvalue weighted by atomic mass is 19.3. The smallest absolute Gasteiger partial charge is 0.410 e. The van der Waals surface area contributed by atoms with Crippen LogP contribution in [0.3, 0.4) is 0 Å². The van der Waals surface area contributed by atoms with E-state index in [4.69, 9.17) is 4.74 Å². The highest BCUT2D eigenvalue weighted by Crippen LogP contribution is 2.33. The number of carbonyl (C=O) groups excluding carboxylic acids is 1. The van der Waals surface area contributed by atoms with E-state index < -0.39 is 29.6 Å². The first-order valence-electron chi connectivity index (χ1n) is 8.16. The highest BCUT2D eigenvalue weighted by Gasteiger charge is 2.33. The van der Waals surface area contributed by atoms with Gasteiger partial charge in [-0.05, 0) is 26.3 Å². The van der Waals surface area contributed by atoms with Crippen molar-refractivity contribution in [3.05, 3.63) is 47.8 Å². The number of hydrogen-bond donors (Lipinski definition) is 0. The van der Waals surface area contributed by atoms with Gasteiger partial charge in [0.15, 0.2) is 5.83 Å². The minimum Gasteiger partial charge on any atom is -0.444 e. The molecule has 0 spiro atoms. The summed E-state index contributed by atoms with van der Waals surface area (Å²) in [5, 5.41) is 0. The molecule has 1 aromatic carbocycles. The average Bonchev–Trinajstić information content (AvgIpc) is 2.55. The largest absolute Gasteiger partial charge is 0.444 e. The Bertz CT molecular complexity index is 617. The van der Waals surface area contributed by atoms with E-state index >= 15 is 0 Å². The second-order valence-electron chi connectivity index (χ2n) is 6.92. The zero-order valence-corrected chi connectivity index (χ0v) is 14.6. The van der Waals surface area contributed by atoms with Gasteiger partial charge in [0.2, 0.25) is 0 Å². The van der Waals surface area contributed by atoms with Gasteiger partial charge in [0.1, 0.15) is 5.60 Å². The molecule has 0 aromatic heterocycles. The monoisotopic (exact) mass is 356 g/mol. The summed E-state index contributed by atoms with van der Waals surface area (Å²) in [6.45, 7) is 6.46. The van der Waals surface area contributed by atoms with Gasteiger partial charge in [-0.3, -0.25) is 4.90 Å². The molecule has 0 bridgehead atoms. The van der Waals surface area contributed by atoms with E-state index in [1.54, 1.807) is 56.0 Å². The van der Waals surface area contributed by atoms with Crippen LogP contribution < -0.4 is 0 Å². The van der Waals surface area contributed by atoms with Crippen LogP contribution in [0.5, 0.6) is 0 Å². The lowest BCUT2D eigenvalue weighted by molar-refractivity contribution is 0.0106. The van der Waals surface area contributed by atoms with Crippen molar-refractivity contribution in [1.82, 2.24) is 9.80 Å². The van der Waals surface area contributed by atoms with Crippen LogP contribution in [0.2, 0.25) is 0 Å². The maximum atomic E-state index is 14.1. The molecule has 1 heterocycles. The SMILES string of the molecule is CC(C)(C)OC(=O)N1CCN(C(C(F)=C(F)F)c2ccccc2)CC1. The molecule has 1 aliphatic rings. The van der Waals surface area contributed by atoms with Crippen LogP contribution in [0, 0.1) is 0 Å². The van der Waals surface area contributed by atoms with Crippen molar-refractivity contribution in [1.29, 1.82) is 0 Å². The maximum absolute atomic E-state index is 14.1. The zero-order valence-electron chi connectivity index (χ0n) is 14.6. The minimum atomic E-state index is -2.32. The van der Waals surface area contributed by atoms with E-state index in [9.17, 15) is 18.0 Å². The summed E-state index contributed by atoms with van der Waals surface area (Å²) >= 11 is 0. The Hall–Kier alpha value is -2.02. The molecule has 0 aliphatic carbocycles. The number of hydrogen-bond acceptors (Lipinski definition) is 3. The van der Waals surface area contributed by atoms with Gasteiger partial charge in [-0.1, -0.05) is 30.3 Å². The Labute approximate surface area is 145 Å². The van der Waals surface area contributed by atoms with E-state index in [1.165, 1.54) is 4.90 Å². The molecule has 1 unspecified atom stereocenters. The normalized spacial score (nSPS) is 17.1. The van der Waals surface area contributed by atoms with Crippen molar-refractivity contribution in [2.24, 2.45) is 0 Å². The zero-order chi connectivity index (χ0) is 18.6. The maximum Gasteiger partial charge on any atom is 0.410 e. The lowest BCUT2D eigenvalue weighted by atomic mass is 10.0. The van der Waals surface area contributed by atoms with Crippen LogP contribution in [-0.4, -0.2) is 47.7 Å². The van der Waals surface area contributed by atoms with Crippen LogP contribution in [0.15, 0.2) is 42.2 Å². The van der Waals surface area contributed by atoms with Crippen LogP contribution in [-0.2, 0) is 4.74 Å². The molecule has 0 N–H and O–H groups in total. The molecule has 1 saturated heterocycles. The summed E-state index contributed by atoms with van der Waals surface area (Å²) in [5.41, 5.74) is -0.147. The molecule has 2 rings (SSSR count). The molecule has 1 atom stereocenters. The molecular formula is C18H23F3N2O2. The summed E-state index contributed by atoms with van der Waals surface area (Å²) in [7, 11) is 0. The quantitative estimate of drug-likeness (QED) is 0.807. The summed E-state index contributed by atoms with van der Waals surface area (Å²) < 4.78 is 45.2. The molecule has 0 saturated carbocycles. The Kier molecular flexibility index (Phi) is 6.11. The molecule has 25 heavy (non-hydrogen) atoms. The standard InChI is InChI=1S/C18H23F3N2O2/c1-18(2,3)25-17(24)23-11-9-22(10-12-23)15(14(19)16(20)21)13-7-5-4-6-8-13/h4-8,15H,9-12H2,1-3H3. The lowest BCUT2D eigenvalue weighted by Gasteiger charge is -2.39. The van der Waals surface area contributed by atoms with Crippen LogP contribution in [0.1, 0.15) is 32.4 Å². The van der Waals surface area contributed by atoms with Gasteiger partial charge in [-0.2, -0.15) is 8.78 Å². The van der Waals surface area contributed by atoms with Gasteiger partial charge in [-0.15, -0.1) is 0 Å². The van der Waals surface area contributed by atoms with E-state index in [-0.39, 0.29) is 13.1 Å². The third kappa shape index (κ3) is 5.22. The number of ether oxygens (including phenoxy) is 1. The fourth-order valence-electron chi connectivity index (χ4n) is 2.75. The van der Waals surface area contributed by atoms with Crippen molar-refractivity contribution < 1.29 is 22.7 Å². The van der Waals surface area contributed by atoms with Crippen molar-refractivity contribution in [2.45, 2.75) is 32.4 Å². The van der Waals surface area contributed by atoms with Crippen molar-refractivity contribution >= 4 is 6.09 Å². The Morgan fingerprint density at radius 2 is 1.60 bits per heavy atom. The van der Waals surface area contributed by atoms with Gasteiger partial charge < -0.3 is 9.64 Å². The van der Waals surface area contributed by atoms with Gasteiger partial charge >= 0.3 is 12.2 Å². The predicted molar refractivity (Wildman–Crippen MR) is 88.9 cm³/mol. The second kappa shape index (κ2) is 7.91. The first-order valence-corrected chi connectivity index (χ1v) is 8.16. The number of benzene rings is 1. The van der Waals surface area contributed by atoms with Gasteiger partial charge in [0.25, 0.3) is 0 Å². The third-order valence-corrected chi connectivity index (χ3v) is 3.87. The molecule has 4 nitrogen and oxygen atoms in total. The number of carbonyl (C=O) groups is 1. The number of piperazine rings is 1. The number of halogens is 3. The first kappa shape index (κ1) is 19.3. The van der Waals surface area contributed by atoms with E-state index in [0.717, 1.165) is 0 Å². The Morgan fingerprint density at radius 1 is 1.04 bits per heavy atom. The lowest BCUT2D eigenvalue weighted by Crippen LogP contribution is -2.51. The average molecular weight is 356 g/mol. The fourth-order valence-corrected chi connectivity index (χ4v) is 2.75. The molecular weight excluding hydrogens is 333 g/mol. The molecule has 7 heteroatoms. The Morgan fingerprint density at radius 3 is 2.08 bits per heavy atom. The van der Waals surface area contributed by atoms with Crippen LogP contribution in [0.4, 0.5) is 18.0 Å². The number of amides is 1. The third-order valence-electron chi connectivity index (χ3n) is 3.87. The van der Waals surface area contributed by atoms with Crippen LogP contribution in [0.25, 0.3) is 0 Å². The van der Waals surface area contributed by atoms with Crippen molar-refractivity contribution in [3.8, 4) is 0 Å². The van der Waals surface area contributed by atoms with Crippen molar-refractivity contribution in [3.63, 3.8) is 0 Å². The first-order chi connectivity index (χ1) is 11.7. The molecule has 138 valence electrons. The molecule has 1 fully saturated rings. The second-order valence-corrected chi connectivity index (χ2v) is 6.92. The molecule has 1 aliphatic heterocycles. The van der Waals surface area contributed by atoms with E-state index in [0.29, 0.717) is 18.7 Å². The topological polar surface area (TPSA) is 32.8 Å². The van der Waals surface area contributed by atoms with Gasteiger partial charge in [0.05, 0.1) is 6.04 Å². The van der Waals surface area contributed by atoms with Gasteiger partial charge in [-0.25, -0.2) is 9.18 Å². The van der Waals surface area contributed by atoms with Gasteiger partial charge in [0, 0.05) is 26.2 Å². The molecule has 0 radical (unpaired) electrons. The molecule has 1 aromatic rings. The fraction of sp³-hybridized carbons (Fsp3) is 0.500. The summed E-state index contributed by atoms with van der Waals surface area (Å²) in [6, 6.07) is 7.20. The molecule has 1 amide bonds. The van der Waals surface area contributed by atoms with Crippen molar-refractivity contribution in [2.75, 3.05) is 26.2 Å². The predicted octanol–water partition coefficient (Wildman–Crippen LogP) is 4.36. The van der Waals surface area contributed by atoms with E-state index in [1.807, 2.05) is 0 Å². The number of rotatable bonds is 3. The summed E-state index contributed by atoms with van der Waals surface area (Å²) in [4.78, 5) is 15.2. The Balaban J connectivity index is 2.10. The highest BCUT2D eigenvalue weighted by molar-refractivity contribution is 5.68. The summed E-state index contributed by atoms with van der Waals surface area (Å²) in [6.07, 6.45) is -2.76. The number of nitrogens with zero attached hydrogens (tertiary/aromatic N) is 2. The summed E-state index contributed by atoms with van der Waals surface area (Å²) in [5.74, 6) is -1.45.